The van der Waals surface area contributed by atoms with Gasteiger partial charge in [0.1, 0.15) is 0 Å². The van der Waals surface area contributed by atoms with Gasteiger partial charge in [-0.3, -0.25) is 0 Å². The summed E-state index contributed by atoms with van der Waals surface area (Å²) >= 11 is 0. The number of hydrogen-bond acceptors (Lipinski definition) is 3. The summed E-state index contributed by atoms with van der Waals surface area (Å²) in [6.07, 6.45) is 3.96. The lowest BCUT2D eigenvalue weighted by atomic mass is 9.97. The first-order valence-electron chi connectivity index (χ1n) is 6.21. The van der Waals surface area contributed by atoms with E-state index in [9.17, 15) is 5.11 Å². The van der Waals surface area contributed by atoms with E-state index in [1.165, 1.54) is 12.8 Å². The third-order valence-corrected chi connectivity index (χ3v) is 3.50. The van der Waals surface area contributed by atoms with Crippen LogP contribution >= 0.6 is 0 Å². The van der Waals surface area contributed by atoms with Crippen molar-refractivity contribution in [2.24, 2.45) is 5.92 Å². The first-order chi connectivity index (χ1) is 7.20. The molecule has 3 heteroatoms. The molecule has 1 rings (SSSR count). The predicted molar refractivity (Wildman–Crippen MR) is 61.9 cm³/mol. The minimum atomic E-state index is -0.604. The van der Waals surface area contributed by atoms with Crippen molar-refractivity contribution in [1.82, 2.24) is 5.32 Å². The van der Waals surface area contributed by atoms with Crippen LogP contribution in [-0.2, 0) is 4.74 Å². The van der Waals surface area contributed by atoms with Gasteiger partial charge in [-0.05, 0) is 44.7 Å². The molecule has 0 aromatic heterocycles. The Kier molecular flexibility index (Phi) is 5.58. The molecule has 90 valence electrons. The fourth-order valence-corrected chi connectivity index (χ4v) is 1.92. The SMILES string of the molecule is CCC(O)(CC)COCC1CCNCC1. The Morgan fingerprint density at radius 1 is 1.27 bits per heavy atom. The van der Waals surface area contributed by atoms with Gasteiger partial charge in [0.25, 0.3) is 0 Å². The van der Waals surface area contributed by atoms with E-state index in [2.05, 4.69) is 5.32 Å². The van der Waals surface area contributed by atoms with Gasteiger partial charge in [-0.25, -0.2) is 0 Å². The van der Waals surface area contributed by atoms with Crippen molar-refractivity contribution >= 4 is 0 Å². The molecule has 15 heavy (non-hydrogen) atoms. The summed E-state index contributed by atoms with van der Waals surface area (Å²) in [5.74, 6) is 0.684. The van der Waals surface area contributed by atoms with Crippen molar-refractivity contribution in [3.05, 3.63) is 0 Å². The molecule has 0 aromatic rings. The van der Waals surface area contributed by atoms with E-state index in [1.54, 1.807) is 0 Å². The Morgan fingerprint density at radius 3 is 2.40 bits per heavy atom. The maximum Gasteiger partial charge on any atom is 0.0874 e. The first-order valence-corrected chi connectivity index (χ1v) is 6.21. The summed E-state index contributed by atoms with van der Waals surface area (Å²) in [6.45, 7) is 7.54. The maximum atomic E-state index is 10.0. The Labute approximate surface area is 93.2 Å². The second-order valence-corrected chi connectivity index (χ2v) is 4.64. The second kappa shape index (κ2) is 6.46. The fourth-order valence-electron chi connectivity index (χ4n) is 1.92. The molecule has 0 bridgehead atoms. The maximum absolute atomic E-state index is 10.0. The van der Waals surface area contributed by atoms with Gasteiger partial charge < -0.3 is 15.2 Å². The number of hydrogen-bond donors (Lipinski definition) is 2. The summed E-state index contributed by atoms with van der Waals surface area (Å²) in [6, 6.07) is 0. The summed E-state index contributed by atoms with van der Waals surface area (Å²) in [7, 11) is 0. The van der Waals surface area contributed by atoms with Gasteiger partial charge in [0, 0.05) is 6.61 Å². The van der Waals surface area contributed by atoms with Crippen molar-refractivity contribution < 1.29 is 9.84 Å². The molecule has 0 unspecified atom stereocenters. The number of piperidine rings is 1. The molecule has 1 aliphatic rings. The molecule has 0 aromatic carbocycles. The molecule has 3 nitrogen and oxygen atoms in total. The molecule has 0 radical (unpaired) electrons. The van der Waals surface area contributed by atoms with Crippen molar-refractivity contribution in [3.8, 4) is 0 Å². The molecule has 1 fully saturated rings. The smallest absolute Gasteiger partial charge is 0.0874 e. The fraction of sp³-hybridized carbons (Fsp3) is 1.00. The van der Waals surface area contributed by atoms with Gasteiger partial charge >= 0.3 is 0 Å². The van der Waals surface area contributed by atoms with Crippen molar-refractivity contribution in [2.45, 2.75) is 45.1 Å². The van der Waals surface area contributed by atoms with Crippen LogP contribution < -0.4 is 5.32 Å². The lowest BCUT2D eigenvalue weighted by Gasteiger charge is -2.27. The normalized spacial score (nSPS) is 19.4. The van der Waals surface area contributed by atoms with E-state index in [1.807, 2.05) is 13.8 Å². The van der Waals surface area contributed by atoms with Gasteiger partial charge in [-0.1, -0.05) is 13.8 Å². The molecule has 0 amide bonds. The number of ether oxygens (including phenoxy) is 1. The van der Waals surface area contributed by atoms with Gasteiger partial charge in [0.05, 0.1) is 12.2 Å². The monoisotopic (exact) mass is 215 g/mol. The molecule has 1 aliphatic heterocycles. The molecule has 1 heterocycles. The summed E-state index contributed by atoms with van der Waals surface area (Å²) < 4.78 is 5.64. The Bertz CT molecular complexity index is 163. The lowest BCUT2D eigenvalue weighted by Crippen LogP contribution is -2.35. The predicted octanol–water partition coefficient (Wildman–Crippen LogP) is 1.55. The zero-order valence-corrected chi connectivity index (χ0v) is 10.1. The van der Waals surface area contributed by atoms with Crippen LogP contribution in [-0.4, -0.2) is 37.0 Å². The first kappa shape index (κ1) is 12.9. The highest BCUT2D eigenvalue weighted by Gasteiger charge is 2.23. The van der Waals surface area contributed by atoms with Crippen LogP contribution in [0.5, 0.6) is 0 Å². The van der Waals surface area contributed by atoms with Crippen LogP contribution in [0.15, 0.2) is 0 Å². The molecule has 0 aliphatic carbocycles. The summed E-state index contributed by atoms with van der Waals surface area (Å²) in [5, 5.41) is 13.4. The van der Waals surface area contributed by atoms with Gasteiger partial charge in [-0.2, -0.15) is 0 Å². The number of aliphatic hydroxyl groups is 1. The minimum Gasteiger partial charge on any atom is -0.388 e. The van der Waals surface area contributed by atoms with Crippen molar-refractivity contribution in [2.75, 3.05) is 26.3 Å². The topological polar surface area (TPSA) is 41.5 Å². The van der Waals surface area contributed by atoms with E-state index in [0.717, 1.165) is 32.5 Å². The van der Waals surface area contributed by atoms with Gasteiger partial charge in [0.15, 0.2) is 0 Å². The molecule has 0 saturated carbocycles. The highest BCUT2D eigenvalue weighted by Crippen LogP contribution is 2.17. The summed E-state index contributed by atoms with van der Waals surface area (Å²) in [5.41, 5.74) is -0.604. The molecule has 0 spiro atoms. The molecule has 0 atom stereocenters. The Balaban J connectivity index is 2.14. The van der Waals surface area contributed by atoms with Crippen molar-refractivity contribution in [1.29, 1.82) is 0 Å². The molecule has 2 N–H and O–H groups in total. The number of nitrogens with one attached hydrogen (secondary N) is 1. The van der Waals surface area contributed by atoms with E-state index < -0.39 is 5.60 Å². The van der Waals surface area contributed by atoms with Crippen LogP contribution in [0.4, 0.5) is 0 Å². The van der Waals surface area contributed by atoms with E-state index in [4.69, 9.17) is 4.74 Å². The van der Waals surface area contributed by atoms with Crippen LogP contribution in [0.25, 0.3) is 0 Å². The second-order valence-electron chi connectivity index (χ2n) is 4.64. The quantitative estimate of drug-likeness (QED) is 0.706. The van der Waals surface area contributed by atoms with Crippen LogP contribution in [0.1, 0.15) is 39.5 Å². The minimum absolute atomic E-state index is 0.490. The largest absolute Gasteiger partial charge is 0.388 e. The standard InChI is InChI=1S/C12H25NO2/c1-3-12(14,4-2)10-15-9-11-5-7-13-8-6-11/h11,13-14H,3-10H2,1-2H3. The highest BCUT2D eigenvalue weighted by atomic mass is 16.5. The van der Waals surface area contributed by atoms with Gasteiger partial charge in [-0.15, -0.1) is 0 Å². The highest BCUT2D eigenvalue weighted by molar-refractivity contribution is 4.75. The Hall–Kier alpha value is -0.120. The molecule has 1 saturated heterocycles. The Morgan fingerprint density at radius 2 is 1.87 bits per heavy atom. The third kappa shape index (κ3) is 4.49. The van der Waals surface area contributed by atoms with Gasteiger partial charge in [0.2, 0.25) is 0 Å². The van der Waals surface area contributed by atoms with E-state index in [0.29, 0.717) is 12.5 Å². The van der Waals surface area contributed by atoms with E-state index >= 15 is 0 Å². The third-order valence-electron chi connectivity index (χ3n) is 3.50. The lowest BCUT2D eigenvalue weighted by molar-refractivity contribution is -0.0601. The van der Waals surface area contributed by atoms with Crippen LogP contribution in [0.2, 0.25) is 0 Å². The average molecular weight is 215 g/mol. The summed E-state index contributed by atoms with van der Waals surface area (Å²) in [4.78, 5) is 0. The zero-order valence-electron chi connectivity index (χ0n) is 10.1. The van der Waals surface area contributed by atoms with E-state index in [-0.39, 0.29) is 0 Å². The van der Waals surface area contributed by atoms with Crippen LogP contribution in [0.3, 0.4) is 0 Å². The van der Waals surface area contributed by atoms with Crippen molar-refractivity contribution in [3.63, 3.8) is 0 Å². The molecular formula is C12H25NO2. The molecular weight excluding hydrogens is 190 g/mol. The van der Waals surface area contributed by atoms with Crippen LogP contribution in [0, 0.1) is 5.92 Å². The average Bonchev–Trinajstić information content (AvgIpc) is 2.30. The number of rotatable bonds is 6. The zero-order chi connectivity index (χ0) is 11.1.